The minimum atomic E-state index is -0.216. The molecule has 0 spiro atoms. The highest BCUT2D eigenvalue weighted by atomic mass is 16.5. The maximum Gasteiger partial charge on any atom is 0.310 e. The van der Waals surface area contributed by atoms with Gasteiger partial charge in [-0.3, -0.25) is 9.48 Å². The van der Waals surface area contributed by atoms with Crippen LogP contribution in [0.2, 0.25) is 0 Å². The Balaban J connectivity index is 2.96. The molecule has 78 valence electrons. The fraction of sp³-hybridized carbons (Fsp3) is 0.600. The number of carbonyl (C=O) groups excluding carboxylic acids is 1. The molecular weight excluding hydrogens is 180 g/mol. The number of aryl methyl sites for hydroxylation is 2. The van der Waals surface area contributed by atoms with E-state index in [0.717, 1.165) is 23.5 Å². The molecule has 1 heterocycles. The van der Waals surface area contributed by atoms with Gasteiger partial charge in [-0.05, 0) is 20.8 Å². The molecule has 4 heteroatoms. The predicted octanol–water partition coefficient (Wildman–Crippen LogP) is 1.24. The van der Waals surface area contributed by atoms with Crippen LogP contribution >= 0.6 is 0 Å². The number of aromatic nitrogens is 2. The Labute approximate surface area is 83.9 Å². The molecule has 0 aromatic carbocycles. The van der Waals surface area contributed by atoms with E-state index in [0.29, 0.717) is 6.42 Å². The van der Waals surface area contributed by atoms with Gasteiger partial charge in [0.2, 0.25) is 0 Å². The van der Waals surface area contributed by atoms with Gasteiger partial charge in [-0.1, -0.05) is 0 Å². The molecule has 0 saturated heterocycles. The zero-order chi connectivity index (χ0) is 10.7. The van der Waals surface area contributed by atoms with Crippen molar-refractivity contribution in [2.24, 2.45) is 0 Å². The third-order valence-electron chi connectivity index (χ3n) is 2.38. The van der Waals surface area contributed by atoms with Crippen LogP contribution in [0.4, 0.5) is 0 Å². The van der Waals surface area contributed by atoms with E-state index in [1.54, 1.807) is 0 Å². The topological polar surface area (TPSA) is 44.1 Å². The molecule has 0 aliphatic carbocycles. The van der Waals surface area contributed by atoms with Crippen molar-refractivity contribution in [1.29, 1.82) is 0 Å². The molecule has 0 aliphatic rings. The van der Waals surface area contributed by atoms with Crippen LogP contribution in [-0.4, -0.2) is 22.9 Å². The van der Waals surface area contributed by atoms with Crippen molar-refractivity contribution in [2.75, 3.05) is 7.11 Å². The number of methoxy groups -OCH3 is 1. The lowest BCUT2D eigenvalue weighted by molar-refractivity contribution is -0.139. The van der Waals surface area contributed by atoms with Crippen molar-refractivity contribution in [3.05, 3.63) is 17.0 Å². The van der Waals surface area contributed by atoms with Crippen molar-refractivity contribution in [3.8, 4) is 0 Å². The van der Waals surface area contributed by atoms with Gasteiger partial charge in [0.25, 0.3) is 0 Å². The molecule has 0 saturated carbocycles. The van der Waals surface area contributed by atoms with Gasteiger partial charge >= 0.3 is 5.97 Å². The fourth-order valence-corrected chi connectivity index (χ4v) is 1.51. The smallest absolute Gasteiger partial charge is 0.310 e. The Morgan fingerprint density at radius 1 is 1.50 bits per heavy atom. The Kier molecular flexibility index (Phi) is 3.28. The molecule has 1 aromatic rings. The molecule has 0 atom stereocenters. The molecule has 0 radical (unpaired) electrons. The summed E-state index contributed by atoms with van der Waals surface area (Å²) in [5, 5.41) is 4.32. The lowest BCUT2D eigenvalue weighted by Crippen LogP contribution is -2.06. The lowest BCUT2D eigenvalue weighted by Gasteiger charge is -2.01. The fourth-order valence-electron chi connectivity index (χ4n) is 1.51. The van der Waals surface area contributed by atoms with Gasteiger partial charge in [0, 0.05) is 17.8 Å². The van der Waals surface area contributed by atoms with Crippen molar-refractivity contribution < 1.29 is 9.53 Å². The van der Waals surface area contributed by atoms with Crippen molar-refractivity contribution in [3.63, 3.8) is 0 Å². The Morgan fingerprint density at radius 2 is 2.14 bits per heavy atom. The summed E-state index contributed by atoms with van der Waals surface area (Å²) in [5.74, 6) is -0.216. The summed E-state index contributed by atoms with van der Waals surface area (Å²) >= 11 is 0. The monoisotopic (exact) mass is 196 g/mol. The zero-order valence-electron chi connectivity index (χ0n) is 9.13. The van der Waals surface area contributed by atoms with Crippen LogP contribution in [-0.2, 0) is 22.5 Å². The predicted molar refractivity (Wildman–Crippen MR) is 53.1 cm³/mol. The van der Waals surface area contributed by atoms with Crippen LogP contribution in [0.1, 0.15) is 23.9 Å². The molecule has 14 heavy (non-hydrogen) atoms. The van der Waals surface area contributed by atoms with E-state index >= 15 is 0 Å². The number of rotatable bonds is 3. The van der Waals surface area contributed by atoms with Gasteiger partial charge in [-0.2, -0.15) is 5.10 Å². The minimum Gasteiger partial charge on any atom is -0.469 e. The number of ether oxygens (including phenoxy) is 1. The van der Waals surface area contributed by atoms with Gasteiger partial charge in [-0.25, -0.2) is 0 Å². The SMILES string of the molecule is CCn1nc(C)c(CC(=O)OC)c1C. The van der Waals surface area contributed by atoms with Gasteiger partial charge in [0.15, 0.2) is 0 Å². The second-order valence-electron chi connectivity index (χ2n) is 3.22. The van der Waals surface area contributed by atoms with Gasteiger partial charge in [0.1, 0.15) is 0 Å². The molecule has 1 rings (SSSR count). The van der Waals surface area contributed by atoms with Crippen LogP contribution in [0.3, 0.4) is 0 Å². The maximum absolute atomic E-state index is 11.1. The van der Waals surface area contributed by atoms with E-state index in [1.807, 2.05) is 25.5 Å². The summed E-state index contributed by atoms with van der Waals surface area (Å²) in [6, 6.07) is 0. The van der Waals surface area contributed by atoms with Crippen LogP contribution in [0.5, 0.6) is 0 Å². The number of hydrogen-bond donors (Lipinski definition) is 0. The normalized spacial score (nSPS) is 10.3. The Hall–Kier alpha value is -1.32. The molecular formula is C10H16N2O2. The third kappa shape index (κ3) is 1.95. The first-order valence-electron chi connectivity index (χ1n) is 4.69. The molecule has 0 N–H and O–H groups in total. The third-order valence-corrected chi connectivity index (χ3v) is 2.38. The molecule has 0 bridgehead atoms. The maximum atomic E-state index is 11.1. The number of esters is 1. The number of nitrogens with zero attached hydrogens (tertiary/aromatic N) is 2. The largest absolute Gasteiger partial charge is 0.469 e. The van der Waals surface area contributed by atoms with E-state index in [9.17, 15) is 4.79 Å². The summed E-state index contributed by atoms with van der Waals surface area (Å²) in [6.07, 6.45) is 0.314. The number of hydrogen-bond acceptors (Lipinski definition) is 3. The average molecular weight is 196 g/mol. The van der Waals surface area contributed by atoms with Crippen molar-refractivity contribution in [2.45, 2.75) is 33.7 Å². The highest BCUT2D eigenvalue weighted by Gasteiger charge is 2.13. The molecule has 4 nitrogen and oxygen atoms in total. The summed E-state index contributed by atoms with van der Waals surface area (Å²) in [5.41, 5.74) is 2.95. The van der Waals surface area contributed by atoms with Crippen molar-refractivity contribution in [1.82, 2.24) is 9.78 Å². The second kappa shape index (κ2) is 4.26. The lowest BCUT2D eigenvalue weighted by atomic mass is 10.1. The van der Waals surface area contributed by atoms with Gasteiger partial charge in [0.05, 0.1) is 19.2 Å². The first-order chi connectivity index (χ1) is 6.60. The molecule has 0 unspecified atom stereocenters. The van der Waals surface area contributed by atoms with E-state index in [4.69, 9.17) is 0 Å². The van der Waals surface area contributed by atoms with Crippen LogP contribution in [0.15, 0.2) is 0 Å². The highest BCUT2D eigenvalue weighted by Crippen LogP contribution is 2.13. The molecule has 1 aromatic heterocycles. The van der Waals surface area contributed by atoms with E-state index < -0.39 is 0 Å². The van der Waals surface area contributed by atoms with Gasteiger partial charge < -0.3 is 4.74 Å². The number of carbonyl (C=O) groups is 1. The molecule has 0 aliphatic heterocycles. The van der Waals surface area contributed by atoms with Crippen molar-refractivity contribution >= 4 is 5.97 Å². The van der Waals surface area contributed by atoms with E-state index in [-0.39, 0.29) is 5.97 Å². The molecule has 0 fully saturated rings. The average Bonchev–Trinajstić information content (AvgIpc) is 2.44. The zero-order valence-corrected chi connectivity index (χ0v) is 9.13. The van der Waals surface area contributed by atoms with Crippen LogP contribution in [0, 0.1) is 13.8 Å². The first kappa shape index (κ1) is 10.8. The van der Waals surface area contributed by atoms with Crippen LogP contribution < -0.4 is 0 Å². The second-order valence-corrected chi connectivity index (χ2v) is 3.22. The summed E-state index contributed by atoms with van der Waals surface area (Å²) in [4.78, 5) is 11.1. The first-order valence-corrected chi connectivity index (χ1v) is 4.69. The standard InChI is InChI=1S/C10H16N2O2/c1-5-12-8(3)9(7(2)11-12)6-10(13)14-4/h5-6H2,1-4H3. The highest BCUT2D eigenvalue weighted by molar-refractivity contribution is 5.73. The quantitative estimate of drug-likeness (QED) is 0.683. The Morgan fingerprint density at radius 3 is 2.57 bits per heavy atom. The van der Waals surface area contributed by atoms with Crippen LogP contribution in [0.25, 0.3) is 0 Å². The summed E-state index contributed by atoms with van der Waals surface area (Å²) < 4.78 is 6.53. The summed E-state index contributed by atoms with van der Waals surface area (Å²) in [6.45, 7) is 6.74. The Bertz CT molecular complexity index is 342. The van der Waals surface area contributed by atoms with E-state index in [2.05, 4.69) is 9.84 Å². The molecule has 0 amide bonds. The van der Waals surface area contributed by atoms with Gasteiger partial charge in [-0.15, -0.1) is 0 Å². The summed E-state index contributed by atoms with van der Waals surface area (Å²) in [7, 11) is 1.40. The van der Waals surface area contributed by atoms with E-state index in [1.165, 1.54) is 7.11 Å². The minimum absolute atomic E-state index is 0.216.